The zero-order chi connectivity index (χ0) is 25.8. The second-order valence-electron chi connectivity index (χ2n) is 9.30. The van der Waals surface area contributed by atoms with Gasteiger partial charge in [-0.2, -0.15) is 0 Å². The largest absolute Gasteiger partial charge is 0.261 e. The van der Waals surface area contributed by atoms with Gasteiger partial charge >= 0.3 is 0 Å². The van der Waals surface area contributed by atoms with Gasteiger partial charge in [-0.15, -0.1) is 6.58 Å². The molecule has 2 heteroatoms. The Kier molecular flexibility index (Phi) is 11.6. The number of aryl methyl sites for hydroxylation is 2. The average molecular weight is 472 g/mol. The Labute approximate surface area is 212 Å². The van der Waals surface area contributed by atoms with Crippen LogP contribution in [0.3, 0.4) is 0 Å². The van der Waals surface area contributed by atoms with Crippen LogP contribution >= 0.6 is 0 Å². The minimum atomic E-state index is -0.177. The van der Waals surface area contributed by atoms with Gasteiger partial charge < -0.3 is 0 Å². The SMILES string of the molecule is C=CC(Cc1cccnc1CC)/C(=C/C(C)=C(C)/C(C)=C/CC)C(=C)CCCc1cccc(F)c1. The van der Waals surface area contributed by atoms with Crippen LogP contribution in [0.1, 0.15) is 70.7 Å². The van der Waals surface area contributed by atoms with E-state index in [4.69, 9.17) is 0 Å². The van der Waals surface area contributed by atoms with Gasteiger partial charge in [0.15, 0.2) is 0 Å². The van der Waals surface area contributed by atoms with E-state index in [1.54, 1.807) is 12.1 Å². The fourth-order valence-corrected chi connectivity index (χ4v) is 4.46. The summed E-state index contributed by atoms with van der Waals surface area (Å²) < 4.78 is 13.6. The van der Waals surface area contributed by atoms with Gasteiger partial charge in [0.1, 0.15) is 5.82 Å². The van der Waals surface area contributed by atoms with Crippen molar-refractivity contribution < 1.29 is 4.39 Å². The number of hydrogen-bond donors (Lipinski definition) is 0. The summed E-state index contributed by atoms with van der Waals surface area (Å²) in [7, 11) is 0. The van der Waals surface area contributed by atoms with Gasteiger partial charge in [-0.25, -0.2) is 4.39 Å². The highest BCUT2D eigenvalue weighted by Crippen LogP contribution is 2.30. The van der Waals surface area contributed by atoms with Gasteiger partial charge in [-0.05, 0) is 105 Å². The molecular formula is C33H42FN. The Hall–Kier alpha value is -3.00. The van der Waals surface area contributed by atoms with E-state index in [-0.39, 0.29) is 11.7 Å². The lowest BCUT2D eigenvalue weighted by molar-refractivity contribution is 0.624. The van der Waals surface area contributed by atoms with E-state index < -0.39 is 0 Å². The molecule has 2 aromatic rings. The van der Waals surface area contributed by atoms with Crippen LogP contribution in [-0.4, -0.2) is 4.98 Å². The molecule has 2 rings (SSSR count). The van der Waals surface area contributed by atoms with Crippen molar-refractivity contribution in [2.75, 3.05) is 0 Å². The van der Waals surface area contributed by atoms with E-state index in [0.29, 0.717) is 0 Å². The molecule has 1 atom stereocenters. The van der Waals surface area contributed by atoms with E-state index in [1.807, 2.05) is 24.4 Å². The lowest BCUT2D eigenvalue weighted by Gasteiger charge is -2.22. The molecule has 0 N–H and O–H groups in total. The Morgan fingerprint density at radius 2 is 1.89 bits per heavy atom. The third-order valence-corrected chi connectivity index (χ3v) is 6.75. The van der Waals surface area contributed by atoms with Crippen LogP contribution in [0.15, 0.2) is 102 Å². The van der Waals surface area contributed by atoms with Gasteiger partial charge in [-0.1, -0.05) is 68.0 Å². The van der Waals surface area contributed by atoms with Gasteiger partial charge in [0, 0.05) is 17.8 Å². The van der Waals surface area contributed by atoms with Crippen molar-refractivity contribution in [1.29, 1.82) is 0 Å². The van der Waals surface area contributed by atoms with E-state index in [9.17, 15) is 4.39 Å². The third kappa shape index (κ3) is 8.62. The average Bonchev–Trinajstić information content (AvgIpc) is 2.85. The summed E-state index contributed by atoms with van der Waals surface area (Å²) in [6.07, 6.45) is 13.9. The van der Waals surface area contributed by atoms with Crippen LogP contribution in [0.5, 0.6) is 0 Å². The predicted molar refractivity (Wildman–Crippen MR) is 150 cm³/mol. The molecule has 0 aliphatic rings. The highest BCUT2D eigenvalue weighted by Gasteiger charge is 2.17. The molecule has 1 aromatic carbocycles. The standard InChI is InChI=1S/C33H42FN/c1-8-14-24(4)27(7)26(6)21-32(25(5)15-11-16-28-17-12-19-31(34)22-28)29(9-2)23-30-18-13-20-35-33(30)10-3/h9,12-14,17-22,29H,2,5,8,10-11,15-16,23H2,1,3-4,6-7H3/b24-14+,27-26+,32-21+. The van der Waals surface area contributed by atoms with Crippen LogP contribution in [0.2, 0.25) is 0 Å². The summed E-state index contributed by atoms with van der Waals surface area (Å²) >= 11 is 0. The zero-order valence-corrected chi connectivity index (χ0v) is 22.3. The molecule has 1 unspecified atom stereocenters. The number of benzene rings is 1. The van der Waals surface area contributed by atoms with Crippen LogP contribution in [0.4, 0.5) is 4.39 Å². The highest BCUT2D eigenvalue weighted by molar-refractivity contribution is 5.44. The molecule has 1 aromatic heterocycles. The molecule has 1 nitrogen and oxygen atoms in total. The molecule has 0 saturated carbocycles. The fraction of sp³-hybridized carbons (Fsp3) is 0.364. The number of halogens is 1. The molecule has 0 bridgehead atoms. The number of aromatic nitrogens is 1. The predicted octanol–water partition coefficient (Wildman–Crippen LogP) is 9.33. The normalized spacial score (nSPS) is 13.9. The molecule has 0 aliphatic carbocycles. The molecular weight excluding hydrogens is 429 g/mol. The minimum Gasteiger partial charge on any atom is -0.261 e. The van der Waals surface area contributed by atoms with E-state index in [1.165, 1.54) is 33.9 Å². The molecule has 186 valence electrons. The summed E-state index contributed by atoms with van der Waals surface area (Å²) in [5, 5.41) is 0. The fourth-order valence-electron chi connectivity index (χ4n) is 4.46. The van der Waals surface area contributed by atoms with Crippen LogP contribution in [0, 0.1) is 11.7 Å². The lowest BCUT2D eigenvalue weighted by atomic mass is 9.83. The number of rotatable bonds is 13. The summed E-state index contributed by atoms with van der Waals surface area (Å²) in [6.45, 7) is 19.6. The molecule has 0 saturated heterocycles. The van der Waals surface area contributed by atoms with E-state index in [2.05, 4.69) is 71.0 Å². The summed E-state index contributed by atoms with van der Waals surface area (Å²) in [5.41, 5.74) is 9.65. The summed E-state index contributed by atoms with van der Waals surface area (Å²) in [6, 6.07) is 11.1. The monoisotopic (exact) mass is 471 g/mol. The quantitative estimate of drug-likeness (QED) is 0.209. The maximum absolute atomic E-state index is 13.6. The second-order valence-corrected chi connectivity index (χ2v) is 9.30. The Morgan fingerprint density at radius 1 is 1.11 bits per heavy atom. The Balaban J connectivity index is 2.36. The van der Waals surface area contributed by atoms with Crippen LogP contribution in [-0.2, 0) is 19.3 Å². The van der Waals surface area contributed by atoms with Gasteiger partial charge in [0.25, 0.3) is 0 Å². The van der Waals surface area contributed by atoms with Crippen molar-refractivity contribution in [1.82, 2.24) is 4.98 Å². The molecule has 35 heavy (non-hydrogen) atoms. The van der Waals surface area contributed by atoms with Crippen molar-refractivity contribution in [2.24, 2.45) is 5.92 Å². The van der Waals surface area contributed by atoms with Crippen LogP contribution < -0.4 is 0 Å². The van der Waals surface area contributed by atoms with Crippen molar-refractivity contribution in [3.05, 3.63) is 124 Å². The Bertz CT molecular complexity index is 1100. The molecule has 0 fully saturated rings. The number of hydrogen-bond acceptors (Lipinski definition) is 1. The first kappa shape index (κ1) is 28.2. The number of pyridine rings is 1. The van der Waals surface area contributed by atoms with Crippen molar-refractivity contribution in [3.8, 4) is 0 Å². The van der Waals surface area contributed by atoms with E-state index in [0.717, 1.165) is 55.4 Å². The first-order valence-electron chi connectivity index (χ1n) is 12.8. The molecule has 0 spiro atoms. The minimum absolute atomic E-state index is 0.143. The maximum Gasteiger partial charge on any atom is 0.123 e. The lowest BCUT2D eigenvalue weighted by Crippen LogP contribution is -2.10. The molecule has 0 aliphatic heterocycles. The van der Waals surface area contributed by atoms with Gasteiger partial charge in [-0.3, -0.25) is 4.98 Å². The highest BCUT2D eigenvalue weighted by atomic mass is 19.1. The maximum atomic E-state index is 13.6. The first-order chi connectivity index (χ1) is 16.8. The second kappa shape index (κ2) is 14.4. The third-order valence-electron chi connectivity index (χ3n) is 6.75. The number of nitrogens with zero attached hydrogens (tertiary/aromatic N) is 1. The zero-order valence-electron chi connectivity index (χ0n) is 22.3. The van der Waals surface area contributed by atoms with Crippen molar-refractivity contribution >= 4 is 0 Å². The molecule has 1 heterocycles. The number of allylic oxidation sites excluding steroid dienone is 8. The topological polar surface area (TPSA) is 12.9 Å². The van der Waals surface area contributed by atoms with Gasteiger partial charge in [0.05, 0.1) is 0 Å². The Morgan fingerprint density at radius 3 is 2.54 bits per heavy atom. The van der Waals surface area contributed by atoms with Crippen molar-refractivity contribution in [3.63, 3.8) is 0 Å². The van der Waals surface area contributed by atoms with Gasteiger partial charge in [0.2, 0.25) is 0 Å². The summed E-state index contributed by atoms with van der Waals surface area (Å²) in [5.74, 6) is -0.0343. The molecule has 0 amide bonds. The van der Waals surface area contributed by atoms with E-state index >= 15 is 0 Å². The smallest absolute Gasteiger partial charge is 0.123 e. The van der Waals surface area contributed by atoms with Crippen LogP contribution in [0.25, 0.3) is 0 Å². The molecule has 0 radical (unpaired) electrons. The first-order valence-corrected chi connectivity index (χ1v) is 12.8. The summed E-state index contributed by atoms with van der Waals surface area (Å²) in [4.78, 5) is 4.59. The van der Waals surface area contributed by atoms with Crippen molar-refractivity contribution in [2.45, 2.75) is 73.1 Å².